The summed E-state index contributed by atoms with van der Waals surface area (Å²) in [6.45, 7) is 3.46. The number of fused-ring (bicyclic) bond motifs is 2. The van der Waals surface area contributed by atoms with Crippen LogP contribution in [0.3, 0.4) is 0 Å². The van der Waals surface area contributed by atoms with Gasteiger partial charge < -0.3 is 19.4 Å². The molecule has 1 amide bonds. The summed E-state index contributed by atoms with van der Waals surface area (Å²) in [5, 5.41) is 3.30. The third-order valence-electron chi connectivity index (χ3n) is 4.38. The number of imidazole rings is 1. The smallest absolute Gasteiger partial charge is 0.251 e. The van der Waals surface area contributed by atoms with Crippen molar-refractivity contribution in [2.75, 3.05) is 13.3 Å². The van der Waals surface area contributed by atoms with Crippen LogP contribution in [-0.2, 0) is 6.54 Å². The minimum Gasteiger partial charge on any atom is -0.454 e. The van der Waals surface area contributed by atoms with Crippen molar-refractivity contribution in [3.05, 3.63) is 52.8 Å². The van der Waals surface area contributed by atoms with Gasteiger partial charge in [-0.1, -0.05) is 23.7 Å². The highest BCUT2D eigenvalue weighted by Crippen LogP contribution is 2.39. The highest BCUT2D eigenvalue weighted by Gasteiger charge is 2.20. The standard InChI is InChI=1S/C19H18ClN3O3/c1-12-22-15-5-2-3-6-16(15)23(12)8-4-7-21-19(24)13-9-14(20)18-17(10-13)25-11-26-18/h2-3,5-6,9-10H,4,7-8,11H2,1H3,(H,21,24). The summed E-state index contributed by atoms with van der Waals surface area (Å²) in [5.41, 5.74) is 2.56. The summed E-state index contributed by atoms with van der Waals surface area (Å²) in [4.78, 5) is 16.9. The maximum atomic E-state index is 12.4. The Bertz CT molecular complexity index is 984. The monoisotopic (exact) mass is 371 g/mol. The molecule has 7 heteroatoms. The first-order chi connectivity index (χ1) is 12.6. The number of hydrogen-bond acceptors (Lipinski definition) is 4. The number of aromatic nitrogens is 2. The first-order valence-corrected chi connectivity index (χ1v) is 8.80. The van der Waals surface area contributed by atoms with E-state index in [0.717, 1.165) is 29.8 Å². The van der Waals surface area contributed by atoms with E-state index in [1.54, 1.807) is 12.1 Å². The zero-order valence-electron chi connectivity index (χ0n) is 14.3. The van der Waals surface area contributed by atoms with Crippen LogP contribution in [0, 0.1) is 6.92 Å². The van der Waals surface area contributed by atoms with Gasteiger partial charge in [0.05, 0.1) is 16.1 Å². The Morgan fingerprint density at radius 2 is 2.15 bits per heavy atom. The fourth-order valence-electron chi connectivity index (χ4n) is 3.12. The van der Waals surface area contributed by atoms with E-state index in [4.69, 9.17) is 21.1 Å². The molecule has 0 radical (unpaired) electrons. The molecule has 0 unspecified atom stereocenters. The van der Waals surface area contributed by atoms with Crippen LogP contribution in [0.25, 0.3) is 11.0 Å². The number of amides is 1. The fraction of sp³-hybridized carbons (Fsp3) is 0.263. The molecule has 3 aromatic rings. The Balaban J connectivity index is 1.37. The van der Waals surface area contributed by atoms with Crippen LogP contribution >= 0.6 is 11.6 Å². The second-order valence-electron chi connectivity index (χ2n) is 6.10. The van der Waals surface area contributed by atoms with Crippen molar-refractivity contribution >= 4 is 28.5 Å². The molecule has 0 saturated carbocycles. The van der Waals surface area contributed by atoms with Crippen molar-refractivity contribution in [1.82, 2.24) is 14.9 Å². The second kappa shape index (κ2) is 6.88. The van der Waals surface area contributed by atoms with Gasteiger partial charge in [0.25, 0.3) is 5.91 Å². The van der Waals surface area contributed by atoms with Crippen molar-refractivity contribution in [1.29, 1.82) is 0 Å². The van der Waals surface area contributed by atoms with Crippen LogP contribution < -0.4 is 14.8 Å². The lowest BCUT2D eigenvalue weighted by Crippen LogP contribution is -2.25. The zero-order chi connectivity index (χ0) is 18.1. The SMILES string of the molecule is Cc1nc2ccccc2n1CCCNC(=O)c1cc(Cl)c2c(c1)OCO2. The molecule has 0 spiro atoms. The normalized spacial score (nSPS) is 12.5. The van der Waals surface area contributed by atoms with E-state index in [1.807, 2.05) is 25.1 Å². The van der Waals surface area contributed by atoms with E-state index in [2.05, 4.69) is 20.9 Å². The molecule has 2 aromatic carbocycles. The van der Waals surface area contributed by atoms with Crippen molar-refractivity contribution in [2.24, 2.45) is 0 Å². The number of ether oxygens (including phenoxy) is 2. The third kappa shape index (κ3) is 3.08. The molecule has 0 saturated heterocycles. The van der Waals surface area contributed by atoms with Crippen molar-refractivity contribution in [2.45, 2.75) is 19.9 Å². The van der Waals surface area contributed by atoms with Gasteiger partial charge in [0.15, 0.2) is 11.5 Å². The summed E-state index contributed by atoms with van der Waals surface area (Å²) in [6, 6.07) is 11.3. The van der Waals surface area contributed by atoms with Crippen LogP contribution in [0.2, 0.25) is 5.02 Å². The molecule has 0 aliphatic carbocycles. The Morgan fingerprint density at radius 1 is 1.31 bits per heavy atom. The van der Waals surface area contributed by atoms with Crippen LogP contribution in [0.15, 0.2) is 36.4 Å². The van der Waals surface area contributed by atoms with E-state index in [1.165, 1.54) is 0 Å². The molecule has 1 aliphatic rings. The molecule has 26 heavy (non-hydrogen) atoms. The van der Waals surface area contributed by atoms with Gasteiger partial charge in [-0.15, -0.1) is 0 Å². The van der Waals surface area contributed by atoms with Gasteiger partial charge >= 0.3 is 0 Å². The number of hydrogen-bond donors (Lipinski definition) is 1. The summed E-state index contributed by atoms with van der Waals surface area (Å²) >= 11 is 6.13. The molecule has 1 N–H and O–H groups in total. The average Bonchev–Trinajstić information content (AvgIpc) is 3.23. The number of para-hydroxylation sites is 2. The number of nitrogens with zero attached hydrogens (tertiary/aromatic N) is 2. The van der Waals surface area contributed by atoms with E-state index in [-0.39, 0.29) is 12.7 Å². The van der Waals surface area contributed by atoms with E-state index >= 15 is 0 Å². The molecule has 0 fully saturated rings. The molecule has 1 aromatic heterocycles. The molecule has 1 aliphatic heterocycles. The van der Waals surface area contributed by atoms with Gasteiger partial charge in [-0.2, -0.15) is 0 Å². The Morgan fingerprint density at radius 3 is 3.04 bits per heavy atom. The minimum atomic E-state index is -0.183. The van der Waals surface area contributed by atoms with Crippen LogP contribution in [0.5, 0.6) is 11.5 Å². The molecule has 0 bridgehead atoms. The van der Waals surface area contributed by atoms with Gasteiger partial charge in [0.1, 0.15) is 5.82 Å². The molecular formula is C19H18ClN3O3. The molecule has 4 rings (SSSR count). The molecule has 0 atom stereocenters. The maximum absolute atomic E-state index is 12.4. The van der Waals surface area contributed by atoms with Gasteiger partial charge in [-0.25, -0.2) is 4.98 Å². The Hall–Kier alpha value is -2.73. The minimum absolute atomic E-state index is 0.123. The first-order valence-electron chi connectivity index (χ1n) is 8.42. The molecule has 134 valence electrons. The zero-order valence-corrected chi connectivity index (χ0v) is 15.0. The molecular weight excluding hydrogens is 354 g/mol. The Kier molecular flexibility index (Phi) is 4.42. The van der Waals surface area contributed by atoms with Crippen LogP contribution in [0.4, 0.5) is 0 Å². The van der Waals surface area contributed by atoms with Crippen molar-refractivity contribution in [3.63, 3.8) is 0 Å². The largest absolute Gasteiger partial charge is 0.454 e. The van der Waals surface area contributed by atoms with Crippen molar-refractivity contribution < 1.29 is 14.3 Å². The number of benzene rings is 2. The average molecular weight is 372 g/mol. The number of rotatable bonds is 5. The number of halogens is 1. The number of aryl methyl sites for hydroxylation is 2. The maximum Gasteiger partial charge on any atom is 0.251 e. The van der Waals surface area contributed by atoms with E-state index < -0.39 is 0 Å². The summed E-state index contributed by atoms with van der Waals surface area (Å²) in [6.07, 6.45) is 0.797. The highest BCUT2D eigenvalue weighted by atomic mass is 35.5. The number of carbonyl (C=O) groups excluding carboxylic acids is 1. The van der Waals surface area contributed by atoms with Crippen LogP contribution in [0.1, 0.15) is 22.6 Å². The third-order valence-corrected chi connectivity index (χ3v) is 4.66. The summed E-state index contributed by atoms with van der Waals surface area (Å²) in [7, 11) is 0. The van der Waals surface area contributed by atoms with Crippen LogP contribution in [-0.4, -0.2) is 28.8 Å². The predicted octanol–water partition coefficient (Wildman–Crippen LogP) is 3.55. The quantitative estimate of drug-likeness (QED) is 0.696. The van der Waals surface area contributed by atoms with Gasteiger partial charge in [0, 0.05) is 18.7 Å². The van der Waals surface area contributed by atoms with Crippen molar-refractivity contribution in [3.8, 4) is 11.5 Å². The fourth-order valence-corrected chi connectivity index (χ4v) is 3.38. The van der Waals surface area contributed by atoms with Gasteiger partial charge in [-0.3, -0.25) is 4.79 Å². The molecule has 2 heterocycles. The first kappa shape index (κ1) is 16.7. The summed E-state index contributed by atoms with van der Waals surface area (Å²) in [5.74, 6) is 1.78. The van der Waals surface area contributed by atoms with E-state index in [9.17, 15) is 4.79 Å². The summed E-state index contributed by atoms with van der Waals surface area (Å²) < 4.78 is 12.7. The Labute approximate surface area is 155 Å². The topological polar surface area (TPSA) is 65.4 Å². The number of carbonyl (C=O) groups is 1. The number of nitrogens with one attached hydrogen (secondary N) is 1. The molecule has 6 nitrogen and oxygen atoms in total. The van der Waals surface area contributed by atoms with E-state index in [0.29, 0.717) is 28.6 Å². The van der Waals surface area contributed by atoms with Gasteiger partial charge in [0.2, 0.25) is 6.79 Å². The predicted molar refractivity (Wildman–Crippen MR) is 99.0 cm³/mol. The second-order valence-corrected chi connectivity index (χ2v) is 6.51. The lowest BCUT2D eigenvalue weighted by molar-refractivity contribution is 0.0952. The van der Waals surface area contributed by atoms with Gasteiger partial charge in [-0.05, 0) is 37.6 Å². The highest BCUT2D eigenvalue weighted by molar-refractivity contribution is 6.32. The lowest BCUT2D eigenvalue weighted by Gasteiger charge is -2.09. The lowest BCUT2D eigenvalue weighted by atomic mass is 10.2.